The quantitative estimate of drug-likeness (QED) is 0.0120. The zero-order valence-electron chi connectivity index (χ0n) is 63.0. The highest BCUT2D eigenvalue weighted by atomic mass is 32.2. The van der Waals surface area contributed by atoms with Crippen LogP contribution in [0.4, 0.5) is 0 Å². The van der Waals surface area contributed by atoms with Crippen LogP contribution in [0.3, 0.4) is 0 Å². The van der Waals surface area contributed by atoms with Crippen molar-refractivity contribution in [1.29, 1.82) is 0 Å². The van der Waals surface area contributed by atoms with Gasteiger partial charge in [-0.25, -0.2) is 9.59 Å². The molecular formula is C64H126O32S4. The SMILES string of the molecule is CCC(C)(C)C(=O)OCC(=O)O.CCC(C)(C)C(=O)OCCC(=O)O.CCC(C)(C)C(=O)OCCCC(=O)O.CCC(C)C(=O)OCC(=O)O.CCC(C)C(=O)OCCC(=O)O.CCC(C)CCCS(=O)(=O)O.CCC(C)CCS(=O)(=O)O.CCC(C)CS(=O)(=O)O.CCC(C)S(=O)(=O)O. The molecule has 0 amide bonds. The lowest BCUT2D eigenvalue weighted by atomic mass is 9.91. The van der Waals surface area contributed by atoms with Gasteiger partial charge in [0.15, 0.2) is 13.2 Å². The van der Waals surface area contributed by atoms with Gasteiger partial charge in [-0.3, -0.25) is 56.6 Å². The molecule has 36 heteroatoms. The lowest BCUT2D eigenvalue weighted by Gasteiger charge is -2.19. The Morgan fingerprint density at radius 3 is 0.940 bits per heavy atom. The van der Waals surface area contributed by atoms with E-state index in [4.69, 9.17) is 53.2 Å². The maximum absolute atomic E-state index is 11.4. The summed E-state index contributed by atoms with van der Waals surface area (Å²) < 4.78 is 138. The molecule has 0 radical (unpaired) electrons. The number of ether oxygens (including phenoxy) is 5. The van der Waals surface area contributed by atoms with E-state index in [1.54, 1.807) is 55.4 Å². The van der Waals surface area contributed by atoms with Crippen LogP contribution in [0.15, 0.2) is 0 Å². The number of carboxylic acid groups (broad SMARTS) is 5. The van der Waals surface area contributed by atoms with Gasteiger partial charge in [0.2, 0.25) is 0 Å². The van der Waals surface area contributed by atoms with Crippen molar-refractivity contribution in [3.63, 3.8) is 0 Å². The van der Waals surface area contributed by atoms with Gasteiger partial charge in [0, 0.05) is 6.42 Å². The lowest BCUT2D eigenvalue weighted by molar-refractivity contribution is -0.162. The van der Waals surface area contributed by atoms with Gasteiger partial charge in [-0.2, -0.15) is 33.7 Å². The molecule has 0 rings (SSSR count). The number of esters is 5. The van der Waals surface area contributed by atoms with E-state index in [0.29, 0.717) is 69.6 Å². The van der Waals surface area contributed by atoms with Crippen LogP contribution in [0.25, 0.3) is 0 Å². The fraction of sp³-hybridized carbons (Fsp3) is 0.844. The monoisotopic (exact) mass is 1530 g/mol. The largest absolute Gasteiger partial charge is 0.481 e. The first-order valence-corrected chi connectivity index (χ1v) is 39.3. The predicted octanol–water partition coefficient (Wildman–Crippen LogP) is 10.6. The van der Waals surface area contributed by atoms with E-state index in [0.717, 1.165) is 25.7 Å². The van der Waals surface area contributed by atoms with E-state index in [1.165, 1.54) is 6.92 Å². The van der Waals surface area contributed by atoms with Gasteiger partial charge in [-0.05, 0) is 130 Å². The molecule has 0 aliphatic carbocycles. The van der Waals surface area contributed by atoms with Crippen molar-refractivity contribution >= 4 is 100 Å². The molecule has 0 saturated carbocycles. The number of carbonyl (C=O) groups is 10. The third-order valence-electron chi connectivity index (χ3n) is 14.5. The van der Waals surface area contributed by atoms with Crippen LogP contribution in [-0.2, 0) is 112 Å². The third-order valence-corrected chi connectivity index (χ3v) is 18.4. The zero-order valence-corrected chi connectivity index (χ0v) is 66.2. The molecule has 0 aromatic rings. The molecule has 0 aromatic heterocycles. The summed E-state index contributed by atoms with van der Waals surface area (Å²) in [5, 5.41) is 40.6. The first kappa shape index (κ1) is 113. The highest BCUT2D eigenvalue weighted by Gasteiger charge is 2.29. The smallest absolute Gasteiger partial charge is 0.341 e. The Kier molecular flexibility index (Phi) is 69.9. The Labute approximate surface area is 595 Å². The maximum atomic E-state index is 11.4. The molecule has 0 saturated heterocycles. The van der Waals surface area contributed by atoms with Gasteiger partial charge in [-0.15, -0.1) is 0 Å². The summed E-state index contributed by atoms with van der Waals surface area (Å²) in [5.41, 5.74) is -1.57. The Morgan fingerprint density at radius 1 is 0.350 bits per heavy atom. The first-order chi connectivity index (χ1) is 45.2. The first-order valence-electron chi connectivity index (χ1n) is 32.9. The number of aliphatic carboxylic acids is 5. The summed E-state index contributed by atoms with van der Waals surface area (Å²) in [6.45, 7) is 37.4. The van der Waals surface area contributed by atoms with Gasteiger partial charge < -0.3 is 49.2 Å². The lowest BCUT2D eigenvalue weighted by Crippen LogP contribution is -2.27. The van der Waals surface area contributed by atoms with E-state index >= 15 is 0 Å². The second kappa shape index (κ2) is 62.0. The maximum Gasteiger partial charge on any atom is 0.341 e. The van der Waals surface area contributed by atoms with Gasteiger partial charge in [0.25, 0.3) is 40.5 Å². The summed E-state index contributed by atoms with van der Waals surface area (Å²) in [5.74, 6) is -6.56. The molecule has 598 valence electrons. The highest BCUT2D eigenvalue weighted by Crippen LogP contribution is 2.23. The molecule has 32 nitrogen and oxygen atoms in total. The molecule has 0 spiro atoms. The summed E-state index contributed by atoms with van der Waals surface area (Å²) in [6.07, 6.45) is 8.80. The van der Waals surface area contributed by atoms with E-state index < -0.39 is 117 Å². The predicted molar refractivity (Wildman–Crippen MR) is 375 cm³/mol. The third kappa shape index (κ3) is 86.6. The fourth-order valence-corrected chi connectivity index (χ4v) is 7.42. The highest BCUT2D eigenvalue weighted by molar-refractivity contribution is 7.86. The number of carbonyl (C=O) groups excluding carboxylic acids is 5. The number of carboxylic acids is 5. The molecule has 6 atom stereocenters. The van der Waals surface area contributed by atoms with Crippen LogP contribution in [-0.4, -0.2) is 193 Å². The Morgan fingerprint density at radius 2 is 0.670 bits per heavy atom. The van der Waals surface area contributed by atoms with Crippen molar-refractivity contribution in [3.8, 4) is 0 Å². The Bertz CT molecular complexity index is 2740. The Hall–Kier alpha value is -5.66. The van der Waals surface area contributed by atoms with E-state index in [2.05, 4.69) is 28.1 Å². The fourth-order valence-electron chi connectivity index (χ4n) is 4.82. The van der Waals surface area contributed by atoms with Gasteiger partial charge in [-0.1, -0.05) is 116 Å². The van der Waals surface area contributed by atoms with Crippen molar-refractivity contribution in [3.05, 3.63) is 0 Å². The summed E-state index contributed by atoms with van der Waals surface area (Å²) >= 11 is 0. The van der Waals surface area contributed by atoms with Crippen LogP contribution < -0.4 is 0 Å². The zero-order chi connectivity index (χ0) is 81.2. The number of hydrogen-bond donors (Lipinski definition) is 9. The molecule has 0 heterocycles. The van der Waals surface area contributed by atoms with Crippen molar-refractivity contribution in [2.24, 2.45) is 45.8 Å². The van der Waals surface area contributed by atoms with Crippen molar-refractivity contribution in [2.75, 3.05) is 50.3 Å². The molecule has 100 heavy (non-hydrogen) atoms. The van der Waals surface area contributed by atoms with Gasteiger partial charge in [0.1, 0.15) is 13.2 Å². The average molecular weight is 1540 g/mol. The van der Waals surface area contributed by atoms with Crippen LogP contribution in [0.5, 0.6) is 0 Å². The molecule has 0 bridgehead atoms. The van der Waals surface area contributed by atoms with Gasteiger partial charge >= 0.3 is 59.7 Å². The van der Waals surface area contributed by atoms with Gasteiger partial charge in [0.05, 0.1) is 70.0 Å². The molecule has 6 unspecified atom stereocenters. The molecule has 0 aliphatic rings. The normalized spacial score (nSPS) is 12.9. The van der Waals surface area contributed by atoms with Crippen LogP contribution in [0, 0.1) is 45.8 Å². The van der Waals surface area contributed by atoms with Crippen LogP contribution in [0.1, 0.15) is 248 Å². The molecule has 0 aliphatic heterocycles. The second-order valence-electron chi connectivity index (χ2n) is 25.1. The van der Waals surface area contributed by atoms with Crippen molar-refractivity contribution in [1.82, 2.24) is 0 Å². The minimum Gasteiger partial charge on any atom is -0.481 e. The molecule has 9 N–H and O–H groups in total. The topological polar surface area (TPSA) is 535 Å². The summed E-state index contributed by atoms with van der Waals surface area (Å²) in [4.78, 5) is 106. The second-order valence-corrected chi connectivity index (χ2v) is 31.5. The standard InChI is InChI=1S/C10H18O4.C9H16O4.2C8H14O4.C7H12O4.C7H16O3S.C6H14O3S.C5H12O3S.C4H10O3S/c1-4-10(2,3)9(13)14-7-5-6-8(11)12;1-4-9(2,3)8(12)13-6-5-7(10)11;1-4-8(2,3)7(11)12-5-6(9)10;1-3-6(2)8(11)12-5-4-7(9)10;1-3-5(2)7(10)11-4-6(8)9;1-3-7(2)5-4-6-11(8,9)10;1-3-6(2)4-5-10(7,8)9;1-3-5(2)4-9(6,7)8;1-3-4(2)8(5,6)7/h4-7H2,1-3H3,(H,11,12);4-6H2,1-3H3,(H,10,11);4-5H2,1-3H3,(H,9,10);6H,3-5H2,1-2H3,(H,9,10);5H,3-4H2,1-2H3,(H,8,9);7H,3-6H2,1-2H3,(H,8,9,10);6H,3-5H2,1-2H3,(H,7,8,9);5H,3-4H2,1-2H3,(H,6,7,8);4H,3H2,1-2H3,(H,5,6,7). The Balaban J connectivity index is -0.000000134. The summed E-state index contributed by atoms with van der Waals surface area (Å²) in [6, 6.07) is 0. The van der Waals surface area contributed by atoms with Crippen LogP contribution >= 0.6 is 0 Å². The molecule has 0 fully saturated rings. The minimum atomic E-state index is -3.75. The summed E-state index contributed by atoms with van der Waals surface area (Å²) in [7, 11) is -14.9. The average Bonchev–Trinajstić information content (AvgIpc) is 0.914. The van der Waals surface area contributed by atoms with E-state index in [1.807, 2.05) is 69.2 Å². The number of hydrogen-bond acceptors (Lipinski definition) is 23. The molecule has 0 aromatic carbocycles. The van der Waals surface area contributed by atoms with Crippen LogP contribution in [0.2, 0.25) is 0 Å². The van der Waals surface area contributed by atoms with Crippen molar-refractivity contribution < 1.29 is 149 Å². The minimum absolute atomic E-state index is 0.0293. The van der Waals surface area contributed by atoms with E-state index in [-0.39, 0.29) is 92.0 Å². The number of rotatable bonds is 38. The van der Waals surface area contributed by atoms with Crippen molar-refractivity contribution in [2.45, 2.75) is 253 Å². The molecular weight excluding hydrogens is 1410 g/mol. The van der Waals surface area contributed by atoms with E-state index in [9.17, 15) is 81.6 Å².